The molecule has 0 amide bonds. The minimum Gasteiger partial charge on any atom is -0.343 e. The zero-order valence-electron chi connectivity index (χ0n) is 10.1. The van der Waals surface area contributed by atoms with Gasteiger partial charge in [0.25, 0.3) is 0 Å². The second kappa shape index (κ2) is 4.00. The molecule has 4 heteroatoms. The first-order valence-electron chi connectivity index (χ1n) is 6.51. The van der Waals surface area contributed by atoms with E-state index in [1.165, 1.54) is 16.8 Å². The van der Waals surface area contributed by atoms with Gasteiger partial charge >= 0.3 is 0 Å². The Hall–Kier alpha value is -1.00. The van der Waals surface area contributed by atoms with Gasteiger partial charge in [-0.3, -0.25) is 0 Å². The van der Waals surface area contributed by atoms with Crippen LogP contribution in [0.1, 0.15) is 11.3 Å². The molecule has 2 nitrogen and oxygen atoms in total. The highest BCUT2D eigenvalue weighted by molar-refractivity contribution is 7.99. The Kier molecular flexibility index (Phi) is 2.42. The molecule has 3 heterocycles. The molecular weight excluding hydrogens is 247 g/mol. The van der Waals surface area contributed by atoms with Crippen molar-refractivity contribution in [2.24, 2.45) is 0 Å². The zero-order valence-corrected chi connectivity index (χ0v) is 10.9. The SMILES string of the molecule is Fc1cc2c3c(c1)c1c(n3CCS2)CCNCC1. The van der Waals surface area contributed by atoms with Crippen LogP contribution in [0, 0.1) is 5.82 Å². The van der Waals surface area contributed by atoms with Gasteiger partial charge in [-0.15, -0.1) is 11.8 Å². The summed E-state index contributed by atoms with van der Waals surface area (Å²) in [5.41, 5.74) is 4.08. The predicted molar refractivity (Wildman–Crippen MR) is 72.9 cm³/mol. The normalized spacial score (nSPS) is 18.7. The van der Waals surface area contributed by atoms with Crippen LogP contribution in [0.25, 0.3) is 10.9 Å². The molecule has 0 radical (unpaired) electrons. The van der Waals surface area contributed by atoms with Crippen LogP contribution in [0.2, 0.25) is 0 Å². The second-order valence-electron chi connectivity index (χ2n) is 4.98. The fraction of sp³-hybridized carbons (Fsp3) is 0.429. The third kappa shape index (κ3) is 1.45. The van der Waals surface area contributed by atoms with Crippen molar-refractivity contribution in [3.63, 3.8) is 0 Å². The van der Waals surface area contributed by atoms with Crippen molar-refractivity contribution in [3.05, 3.63) is 29.2 Å². The van der Waals surface area contributed by atoms with E-state index in [1.54, 1.807) is 23.9 Å². The van der Waals surface area contributed by atoms with Crippen molar-refractivity contribution < 1.29 is 4.39 Å². The summed E-state index contributed by atoms with van der Waals surface area (Å²) in [7, 11) is 0. The Morgan fingerprint density at radius 2 is 2.11 bits per heavy atom. The summed E-state index contributed by atoms with van der Waals surface area (Å²) < 4.78 is 16.2. The highest BCUT2D eigenvalue weighted by Gasteiger charge is 2.23. The number of aryl methyl sites for hydroxylation is 1. The molecule has 0 saturated heterocycles. The maximum absolute atomic E-state index is 13.8. The standard InChI is InChI=1S/C14H15FN2S/c15-9-7-11-10-1-3-16-4-2-12(10)17-5-6-18-13(8-9)14(11)17/h7-8,16H,1-6H2. The Bertz CT molecular complexity index is 632. The number of fused-ring (bicyclic) bond motifs is 3. The molecule has 0 bridgehead atoms. The number of aromatic nitrogens is 1. The minimum atomic E-state index is -0.0935. The molecular formula is C14H15FN2S. The van der Waals surface area contributed by atoms with Gasteiger partial charge in [0.2, 0.25) is 0 Å². The average Bonchev–Trinajstić information content (AvgIpc) is 2.55. The Labute approximate surface area is 110 Å². The largest absolute Gasteiger partial charge is 0.343 e. The summed E-state index contributed by atoms with van der Waals surface area (Å²) in [4.78, 5) is 1.12. The van der Waals surface area contributed by atoms with Gasteiger partial charge in [0.1, 0.15) is 5.82 Å². The number of nitrogens with one attached hydrogen (secondary N) is 1. The molecule has 1 aromatic carbocycles. The van der Waals surface area contributed by atoms with E-state index in [0.29, 0.717) is 0 Å². The van der Waals surface area contributed by atoms with Crippen molar-refractivity contribution in [2.75, 3.05) is 18.8 Å². The van der Waals surface area contributed by atoms with Crippen LogP contribution in [0.3, 0.4) is 0 Å². The average molecular weight is 262 g/mol. The highest BCUT2D eigenvalue weighted by atomic mass is 32.2. The van der Waals surface area contributed by atoms with Gasteiger partial charge in [-0.05, 0) is 30.7 Å². The molecule has 0 atom stereocenters. The van der Waals surface area contributed by atoms with E-state index in [1.807, 2.05) is 0 Å². The van der Waals surface area contributed by atoms with Gasteiger partial charge in [-0.2, -0.15) is 0 Å². The molecule has 2 aliphatic rings. The van der Waals surface area contributed by atoms with Gasteiger partial charge < -0.3 is 9.88 Å². The van der Waals surface area contributed by atoms with Crippen molar-refractivity contribution in [2.45, 2.75) is 24.3 Å². The zero-order chi connectivity index (χ0) is 12.1. The van der Waals surface area contributed by atoms with E-state index in [4.69, 9.17) is 0 Å². The molecule has 0 aliphatic carbocycles. The topological polar surface area (TPSA) is 17.0 Å². The molecule has 2 aliphatic heterocycles. The molecule has 0 fully saturated rings. The van der Waals surface area contributed by atoms with E-state index in [2.05, 4.69) is 9.88 Å². The lowest BCUT2D eigenvalue weighted by Crippen LogP contribution is -2.18. The van der Waals surface area contributed by atoms with Gasteiger partial charge in [0.15, 0.2) is 0 Å². The first kappa shape index (κ1) is 10.9. The summed E-state index contributed by atoms with van der Waals surface area (Å²) in [5.74, 6) is 0.962. The van der Waals surface area contributed by atoms with Gasteiger partial charge in [-0.25, -0.2) is 4.39 Å². The van der Waals surface area contributed by atoms with Crippen molar-refractivity contribution in [3.8, 4) is 0 Å². The summed E-state index contributed by atoms with van der Waals surface area (Å²) in [5, 5.41) is 4.58. The van der Waals surface area contributed by atoms with Gasteiger partial charge in [-0.1, -0.05) is 0 Å². The molecule has 2 aromatic rings. The Morgan fingerprint density at radius 1 is 1.22 bits per heavy atom. The summed E-state index contributed by atoms with van der Waals surface area (Å²) in [6.07, 6.45) is 2.09. The number of hydrogen-bond donors (Lipinski definition) is 1. The molecule has 1 aromatic heterocycles. The lowest BCUT2D eigenvalue weighted by Gasteiger charge is -2.17. The molecule has 18 heavy (non-hydrogen) atoms. The Morgan fingerprint density at radius 3 is 3.06 bits per heavy atom. The van der Waals surface area contributed by atoms with Gasteiger partial charge in [0.05, 0.1) is 5.52 Å². The smallest absolute Gasteiger partial charge is 0.125 e. The van der Waals surface area contributed by atoms with Crippen molar-refractivity contribution in [1.82, 2.24) is 9.88 Å². The maximum atomic E-state index is 13.8. The van der Waals surface area contributed by atoms with Crippen LogP contribution in [0.15, 0.2) is 17.0 Å². The van der Waals surface area contributed by atoms with Crippen LogP contribution in [0.5, 0.6) is 0 Å². The number of nitrogens with zero attached hydrogens (tertiary/aromatic N) is 1. The molecule has 94 valence electrons. The van der Waals surface area contributed by atoms with E-state index in [0.717, 1.165) is 48.5 Å². The molecule has 0 spiro atoms. The fourth-order valence-electron chi connectivity index (χ4n) is 3.25. The van der Waals surface area contributed by atoms with E-state index >= 15 is 0 Å². The van der Waals surface area contributed by atoms with E-state index in [-0.39, 0.29) is 5.82 Å². The molecule has 0 saturated carbocycles. The minimum absolute atomic E-state index is 0.0935. The van der Waals surface area contributed by atoms with Crippen LogP contribution in [-0.2, 0) is 19.4 Å². The first-order valence-corrected chi connectivity index (χ1v) is 7.50. The maximum Gasteiger partial charge on any atom is 0.125 e. The lowest BCUT2D eigenvalue weighted by molar-refractivity contribution is 0.624. The van der Waals surface area contributed by atoms with Crippen LogP contribution < -0.4 is 5.32 Å². The molecule has 4 rings (SSSR count). The van der Waals surface area contributed by atoms with Crippen LogP contribution >= 0.6 is 11.8 Å². The number of thioether (sulfide) groups is 1. The highest BCUT2D eigenvalue weighted by Crippen LogP contribution is 2.38. The van der Waals surface area contributed by atoms with Crippen LogP contribution in [-0.4, -0.2) is 23.4 Å². The summed E-state index contributed by atoms with van der Waals surface area (Å²) in [6.45, 7) is 3.11. The van der Waals surface area contributed by atoms with Crippen LogP contribution in [0.4, 0.5) is 4.39 Å². The summed E-state index contributed by atoms with van der Waals surface area (Å²) >= 11 is 1.79. The number of hydrogen-bond acceptors (Lipinski definition) is 2. The third-order valence-corrected chi connectivity index (χ3v) is 4.98. The van der Waals surface area contributed by atoms with E-state index < -0.39 is 0 Å². The predicted octanol–water partition coefficient (Wildman–Crippen LogP) is 2.57. The fourth-order valence-corrected chi connectivity index (χ4v) is 4.30. The van der Waals surface area contributed by atoms with Crippen molar-refractivity contribution >= 4 is 22.7 Å². The summed E-state index contributed by atoms with van der Waals surface area (Å²) in [6, 6.07) is 3.42. The third-order valence-electron chi connectivity index (χ3n) is 3.97. The number of rotatable bonds is 0. The second-order valence-corrected chi connectivity index (χ2v) is 6.11. The lowest BCUT2D eigenvalue weighted by atomic mass is 10.1. The quantitative estimate of drug-likeness (QED) is 0.786. The monoisotopic (exact) mass is 262 g/mol. The van der Waals surface area contributed by atoms with Gasteiger partial charge in [0, 0.05) is 41.2 Å². The molecule has 1 N–H and O–H groups in total. The Balaban J connectivity index is 2.10. The number of benzene rings is 1. The number of halogens is 1. The first-order chi connectivity index (χ1) is 8.84. The van der Waals surface area contributed by atoms with Crippen molar-refractivity contribution in [1.29, 1.82) is 0 Å². The molecule has 0 unspecified atom stereocenters. The van der Waals surface area contributed by atoms with E-state index in [9.17, 15) is 4.39 Å².